The van der Waals surface area contributed by atoms with Gasteiger partial charge in [0.2, 0.25) is 5.78 Å². The van der Waals surface area contributed by atoms with Gasteiger partial charge in [0.05, 0.1) is 6.54 Å². The van der Waals surface area contributed by atoms with Crippen molar-refractivity contribution >= 4 is 28.3 Å². The lowest BCUT2D eigenvalue weighted by Gasteiger charge is -2.15. The van der Waals surface area contributed by atoms with Crippen molar-refractivity contribution in [3.8, 4) is 0 Å². The summed E-state index contributed by atoms with van der Waals surface area (Å²) in [5.74, 6) is -2.79. The number of nitrogens with zero attached hydrogens (tertiary/aromatic N) is 4. The minimum atomic E-state index is -2.57. The fourth-order valence-corrected chi connectivity index (χ4v) is 3.82. The molecule has 0 aliphatic carbocycles. The highest BCUT2D eigenvalue weighted by atomic mass is 35.5. The van der Waals surface area contributed by atoms with E-state index in [1.807, 2.05) is 35.0 Å². The van der Waals surface area contributed by atoms with Gasteiger partial charge in [0.1, 0.15) is 17.2 Å². The van der Waals surface area contributed by atoms with E-state index in [0.717, 1.165) is 17.3 Å². The molecule has 28 heavy (non-hydrogen) atoms. The summed E-state index contributed by atoms with van der Waals surface area (Å²) in [5, 5.41) is 1.04. The number of likely N-dealkylation sites (tertiary alicyclic amines) is 1. The predicted molar refractivity (Wildman–Crippen MR) is 103 cm³/mol. The number of fused-ring (bicyclic) bond motifs is 1. The van der Waals surface area contributed by atoms with E-state index in [0.29, 0.717) is 25.2 Å². The molecule has 0 amide bonds. The van der Waals surface area contributed by atoms with Crippen LogP contribution in [0.1, 0.15) is 28.9 Å². The van der Waals surface area contributed by atoms with Crippen molar-refractivity contribution in [1.29, 1.82) is 0 Å². The Morgan fingerprint density at radius 3 is 2.79 bits per heavy atom. The molecule has 0 spiro atoms. The van der Waals surface area contributed by atoms with Gasteiger partial charge < -0.3 is 4.57 Å². The molecule has 0 N–H and O–H groups in total. The third kappa shape index (κ3) is 3.91. The van der Waals surface area contributed by atoms with Crippen LogP contribution >= 0.6 is 11.6 Å². The van der Waals surface area contributed by atoms with Gasteiger partial charge in [-0.25, -0.2) is 18.7 Å². The summed E-state index contributed by atoms with van der Waals surface area (Å²) in [6, 6.07) is 9.08. The Kier molecular flexibility index (Phi) is 5.12. The third-order valence-electron chi connectivity index (χ3n) is 5.02. The Hall–Kier alpha value is -2.38. The number of aromatic nitrogens is 3. The highest BCUT2D eigenvalue weighted by Gasteiger charge is 2.37. The van der Waals surface area contributed by atoms with Crippen molar-refractivity contribution in [2.24, 2.45) is 0 Å². The van der Waals surface area contributed by atoms with E-state index >= 15 is 0 Å². The Balaban J connectivity index is 1.54. The molecule has 146 valence electrons. The van der Waals surface area contributed by atoms with E-state index in [-0.39, 0.29) is 29.6 Å². The van der Waals surface area contributed by atoms with E-state index in [4.69, 9.17) is 11.6 Å². The quantitative estimate of drug-likeness (QED) is 0.459. The maximum atomic E-state index is 13.3. The number of carbonyl (C=O) groups excluding carboxylic acids is 1. The maximum absolute atomic E-state index is 13.3. The fourth-order valence-electron chi connectivity index (χ4n) is 3.67. The Bertz CT molecular complexity index is 1020. The highest BCUT2D eigenvalue weighted by Crippen LogP contribution is 2.27. The standard InChI is InChI=1S/C20H19ClF2N4O/c21-18-10-16(24-13-25-18)19(28)15-11-27(17-5-2-1-4-14(15)17)8-3-7-26-9-6-20(22,23)12-26/h1-2,4-5,10-11,13H,3,6-9,12H2. The number of hydrogen-bond acceptors (Lipinski definition) is 4. The average Bonchev–Trinajstić information content (AvgIpc) is 3.21. The molecule has 4 rings (SSSR count). The molecule has 1 fully saturated rings. The number of alkyl halides is 2. The van der Waals surface area contributed by atoms with Crippen LogP contribution in [0.25, 0.3) is 10.9 Å². The number of aryl methyl sites for hydroxylation is 1. The summed E-state index contributed by atoms with van der Waals surface area (Å²) in [4.78, 5) is 22.6. The van der Waals surface area contributed by atoms with Gasteiger partial charge in [0.15, 0.2) is 0 Å². The molecule has 1 saturated heterocycles. The van der Waals surface area contributed by atoms with Crippen molar-refractivity contribution in [3.05, 3.63) is 59.3 Å². The summed E-state index contributed by atoms with van der Waals surface area (Å²) in [7, 11) is 0. The second-order valence-electron chi connectivity index (χ2n) is 7.04. The van der Waals surface area contributed by atoms with Crippen LogP contribution < -0.4 is 0 Å². The van der Waals surface area contributed by atoms with Crippen molar-refractivity contribution < 1.29 is 13.6 Å². The molecule has 3 heterocycles. The van der Waals surface area contributed by atoms with E-state index in [1.165, 1.54) is 12.4 Å². The molecule has 1 aliphatic rings. The summed E-state index contributed by atoms with van der Waals surface area (Å²) in [6.45, 7) is 1.50. The largest absolute Gasteiger partial charge is 0.347 e. The number of benzene rings is 1. The van der Waals surface area contributed by atoms with E-state index in [1.54, 1.807) is 4.90 Å². The van der Waals surface area contributed by atoms with Crippen LogP contribution in [-0.4, -0.2) is 50.8 Å². The molecule has 2 aromatic heterocycles. The zero-order valence-corrected chi connectivity index (χ0v) is 15.9. The third-order valence-corrected chi connectivity index (χ3v) is 5.23. The zero-order chi connectivity index (χ0) is 19.7. The number of rotatable bonds is 6. The normalized spacial score (nSPS) is 16.7. The van der Waals surface area contributed by atoms with Crippen LogP contribution in [0.5, 0.6) is 0 Å². The molecule has 8 heteroatoms. The summed E-state index contributed by atoms with van der Waals surface area (Å²) in [5.41, 5.74) is 1.71. The minimum Gasteiger partial charge on any atom is -0.347 e. The van der Waals surface area contributed by atoms with E-state index in [2.05, 4.69) is 9.97 Å². The first-order valence-electron chi connectivity index (χ1n) is 9.13. The predicted octanol–water partition coefficient (Wildman–Crippen LogP) is 4.05. The second-order valence-corrected chi connectivity index (χ2v) is 7.43. The van der Waals surface area contributed by atoms with Crippen LogP contribution in [0, 0.1) is 0 Å². The first-order valence-corrected chi connectivity index (χ1v) is 9.51. The molecular formula is C20H19ClF2N4O. The van der Waals surface area contributed by atoms with Gasteiger partial charge in [0.25, 0.3) is 5.92 Å². The fraction of sp³-hybridized carbons (Fsp3) is 0.350. The molecule has 0 unspecified atom stereocenters. The monoisotopic (exact) mass is 404 g/mol. The second kappa shape index (κ2) is 7.56. The molecule has 0 bridgehead atoms. The molecule has 0 atom stereocenters. The number of ketones is 1. The molecule has 3 aromatic rings. The number of para-hydroxylation sites is 1. The van der Waals surface area contributed by atoms with Crippen molar-refractivity contribution in [2.75, 3.05) is 19.6 Å². The van der Waals surface area contributed by atoms with Crippen LogP contribution in [0.15, 0.2) is 42.9 Å². The van der Waals surface area contributed by atoms with Crippen molar-refractivity contribution in [2.45, 2.75) is 25.3 Å². The summed E-state index contributed by atoms with van der Waals surface area (Å²) >= 11 is 5.88. The number of hydrogen-bond donors (Lipinski definition) is 0. The van der Waals surface area contributed by atoms with Gasteiger partial charge in [-0.05, 0) is 12.5 Å². The number of carbonyl (C=O) groups is 1. The van der Waals surface area contributed by atoms with Gasteiger partial charge in [-0.1, -0.05) is 29.8 Å². The van der Waals surface area contributed by atoms with E-state index in [9.17, 15) is 13.6 Å². The smallest absolute Gasteiger partial charge is 0.261 e. The first kappa shape index (κ1) is 19.0. The van der Waals surface area contributed by atoms with Gasteiger partial charge in [-0.3, -0.25) is 9.69 Å². The average molecular weight is 405 g/mol. The molecule has 1 aliphatic heterocycles. The molecule has 0 radical (unpaired) electrons. The van der Waals surface area contributed by atoms with Crippen LogP contribution in [-0.2, 0) is 6.54 Å². The van der Waals surface area contributed by atoms with E-state index < -0.39 is 5.92 Å². The Morgan fingerprint density at radius 1 is 1.21 bits per heavy atom. The highest BCUT2D eigenvalue weighted by molar-refractivity contribution is 6.30. The minimum absolute atomic E-state index is 0.0698. The summed E-state index contributed by atoms with van der Waals surface area (Å²) < 4.78 is 28.7. The molecular weight excluding hydrogens is 386 g/mol. The van der Waals surface area contributed by atoms with Crippen molar-refractivity contribution in [1.82, 2.24) is 19.4 Å². The molecule has 1 aromatic carbocycles. The zero-order valence-electron chi connectivity index (χ0n) is 15.1. The Labute approximate surface area is 165 Å². The first-order chi connectivity index (χ1) is 13.4. The SMILES string of the molecule is O=C(c1cc(Cl)ncn1)c1cn(CCCN2CCC(F)(F)C2)c2ccccc12. The lowest BCUT2D eigenvalue weighted by molar-refractivity contribution is 0.0121. The lowest BCUT2D eigenvalue weighted by Crippen LogP contribution is -2.26. The molecule has 5 nitrogen and oxygen atoms in total. The van der Waals surface area contributed by atoms with Gasteiger partial charge in [0, 0.05) is 54.8 Å². The van der Waals surface area contributed by atoms with Gasteiger partial charge in [-0.15, -0.1) is 0 Å². The van der Waals surface area contributed by atoms with Gasteiger partial charge >= 0.3 is 0 Å². The Morgan fingerprint density at radius 2 is 2.04 bits per heavy atom. The topological polar surface area (TPSA) is 51.0 Å². The van der Waals surface area contributed by atoms with Crippen LogP contribution in [0.2, 0.25) is 5.15 Å². The molecule has 0 saturated carbocycles. The van der Waals surface area contributed by atoms with Crippen molar-refractivity contribution in [3.63, 3.8) is 0 Å². The maximum Gasteiger partial charge on any atom is 0.261 e. The summed E-state index contributed by atoms with van der Waals surface area (Å²) in [6.07, 6.45) is 3.73. The van der Waals surface area contributed by atoms with Crippen LogP contribution in [0.4, 0.5) is 8.78 Å². The van der Waals surface area contributed by atoms with Crippen LogP contribution in [0.3, 0.4) is 0 Å². The van der Waals surface area contributed by atoms with Gasteiger partial charge in [-0.2, -0.15) is 0 Å². The number of halogens is 3. The lowest BCUT2D eigenvalue weighted by atomic mass is 10.1.